The summed E-state index contributed by atoms with van der Waals surface area (Å²) in [5.74, 6) is 1.13. The first-order valence-electron chi connectivity index (χ1n) is 13.5. The smallest absolute Gasteiger partial charge is 0.162 e. The molecule has 5 nitrogen and oxygen atoms in total. The van der Waals surface area contributed by atoms with E-state index in [9.17, 15) is 9.59 Å². The number of ketones is 2. The molecule has 0 fully saturated rings. The molecule has 2 aromatic carbocycles. The summed E-state index contributed by atoms with van der Waals surface area (Å²) in [7, 11) is 3.66. The average molecular weight is 514 g/mol. The Kier molecular flexibility index (Phi) is 6.53. The van der Waals surface area contributed by atoms with Gasteiger partial charge in [0.15, 0.2) is 23.1 Å². The van der Waals surface area contributed by atoms with Crippen LogP contribution in [0.25, 0.3) is 0 Å². The molecule has 5 rings (SSSR count). The van der Waals surface area contributed by atoms with Gasteiger partial charge in [0.2, 0.25) is 0 Å². The van der Waals surface area contributed by atoms with Gasteiger partial charge in [-0.05, 0) is 53.9 Å². The lowest BCUT2D eigenvalue weighted by Gasteiger charge is -2.47. The summed E-state index contributed by atoms with van der Waals surface area (Å²) in [4.78, 5) is 29.6. The predicted molar refractivity (Wildman–Crippen MR) is 149 cm³/mol. The van der Waals surface area contributed by atoms with Crippen molar-refractivity contribution in [2.75, 3.05) is 14.2 Å². The third-order valence-corrected chi connectivity index (χ3v) is 8.22. The quantitative estimate of drug-likeness (QED) is 0.435. The third-order valence-electron chi connectivity index (χ3n) is 8.22. The minimum atomic E-state index is -0.386. The summed E-state index contributed by atoms with van der Waals surface area (Å²) in [6.45, 7) is 11.1. The number of Topliss-reactive ketones (excluding diaryl/α,β-unsaturated/α-hetero) is 2. The predicted octanol–water partition coefficient (Wildman–Crippen LogP) is 6.90. The summed E-state index contributed by atoms with van der Waals surface area (Å²) in [5.41, 5.74) is 6.60. The van der Waals surface area contributed by atoms with Gasteiger partial charge >= 0.3 is 0 Å². The highest BCUT2D eigenvalue weighted by Gasteiger charge is 2.48. The first-order valence-corrected chi connectivity index (χ1v) is 13.5. The molecule has 0 spiro atoms. The van der Waals surface area contributed by atoms with E-state index >= 15 is 0 Å². The molecule has 0 amide bonds. The number of carbonyl (C=O) groups is 2. The van der Waals surface area contributed by atoms with Crippen molar-refractivity contribution in [1.29, 1.82) is 0 Å². The number of hydrogen-bond donors (Lipinski definition) is 0. The van der Waals surface area contributed by atoms with E-state index in [-0.39, 0.29) is 28.3 Å². The number of hydrogen-bond acceptors (Lipinski definition) is 5. The first-order chi connectivity index (χ1) is 17.9. The highest BCUT2D eigenvalue weighted by Crippen LogP contribution is 2.54. The van der Waals surface area contributed by atoms with Crippen molar-refractivity contribution in [1.82, 2.24) is 4.90 Å². The lowest BCUT2D eigenvalue weighted by Crippen LogP contribution is -2.43. The van der Waals surface area contributed by atoms with Crippen molar-refractivity contribution in [3.05, 3.63) is 81.7 Å². The molecular formula is C33H39NO4. The van der Waals surface area contributed by atoms with Gasteiger partial charge in [0.25, 0.3) is 0 Å². The van der Waals surface area contributed by atoms with E-state index < -0.39 is 0 Å². The summed E-state index contributed by atoms with van der Waals surface area (Å²) < 4.78 is 11.9. The zero-order valence-corrected chi connectivity index (χ0v) is 23.7. The molecule has 200 valence electrons. The Labute approximate surface area is 226 Å². The van der Waals surface area contributed by atoms with Crippen molar-refractivity contribution in [2.24, 2.45) is 10.8 Å². The van der Waals surface area contributed by atoms with E-state index in [4.69, 9.17) is 9.47 Å². The number of allylic oxidation sites excluding steroid dienone is 4. The standard InChI is InChI=1S/C33H39NO4/c1-20-8-10-21(11-9-20)19-38-27-13-12-22(14-28(27)37-7)29-30-23(15-32(2,3)17-25(30)35)34(6)24-16-33(4,5)18-26(36)31(24)29/h8-14,29H,15-19H2,1-7H3. The number of nitrogens with zero attached hydrogens (tertiary/aromatic N) is 1. The van der Waals surface area contributed by atoms with Gasteiger partial charge in [0.1, 0.15) is 6.61 Å². The topological polar surface area (TPSA) is 55.8 Å². The van der Waals surface area contributed by atoms with Crippen LogP contribution in [0.3, 0.4) is 0 Å². The Bertz CT molecular complexity index is 1310. The molecule has 3 aliphatic rings. The van der Waals surface area contributed by atoms with Gasteiger partial charge in [-0.15, -0.1) is 0 Å². The number of benzene rings is 2. The maximum absolute atomic E-state index is 13.7. The SMILES string of the molecule is COc1cc(C2C3=C(CC(C)(C)CC3=O)N(C)C3=C2C(=O)CC(C)(C)C3)ccc1OCc1ccc(C)cc1. The maximum Gasteiger partial charge on any atom is 0.162 e. The van der Waals surface area contributed by atoms with Crippen LogP contribution in [-0.2, 0) is 16.2 Å². The van der Waals surface area contributed by atoms with Crippen molar-refractivity contribution < 1.29 is 19.1 Å². The van der Waals surface area contributed by atoms with Gasteiger partial charge in [-0.2, -0.15) is 0 Å². The van der Waals surface area contributed by atoms with E-state index in [1.807, 2.05) is 25.2 Å². The monoisotopic (exact) mass is 513 g/mol. The number of aryl methyl sites for hydroxylation is 1. The molecule has 1 heterocycles. The fraction of sp³-hybridized carbons (Fsp3) is 0.455. The van der Waals surface area contributed by atoms with Crippen LogP contribution >= 0.6 is 0 Å². The molecular weight excluding hydrogens is 474 g/mol. The molecule has 0 N–H and O–H groups in total. The van der Waals surface area contributed by atoms with Crippen LogP contribution in [0.5, 0.6) is 11.5 Å². The Balaban J connectivity index is 1.58. The largest absolute Gasteiger partial charge is 0.493 e. The molecule has 0 saturated heterocycles. The Morgan fingerprint density at radius 2 is 1.37 bits per heavy atom. The van der Waals surface area contributed by atoms with Crippen molar-refractivity contribution in [2.45, 2.75) is 72.8 Å². The van der Waals surface area contributed by atoms with E-state index in [1.54, 1.807) is 7.11 Å². The lowest BCUT2D eigenvalue weighted by atomic mass is 9.64. The molecule has 1 aliphatic heterocycles. The van der Waals surface area contributed by atoms with Gasteiger partial charge in [0, 0.05) is 48.3 Å². The molecule has 0 aromatic heterocycles. The highest BCUT2D eigenvalue weighted by atomic mass is 16.5. The molecule has 0 bridgehead atoms. The van der Waals surface area contributed by atoms with Crippen LogP contribution in [-0.4, -0.2) is 30.6 Å². The van der Waals surface area contributed by atoms with Crippen molar-refractivity contribution in [3.8, 4) is 11.5 Å². The summed E-state index contributed by atoms with van der Waals surface area (Å²) in [6.07, 6.45) is 2.57. The number of carbonyl (C=O) groups excluding carboxylic acids is 2. The maximum atomic E-state index is 13.7. The van der Waals surface area contributed by atoms with Gasteiger partial charge < -0.3 is 14.4 Å². The van der Waals surface area contributed by atoms with Gasteiger partial charge in [-0.1, -0.05) is 63.6 Å². The molecule has 0 saturated carbocycles. The summed E-state index contributed by atoms with van der Waals surface area (Å²) in [6, 6.07) is 14.1. The van der Waals surface area contributed by atoms with Crippen LogP contribution in [0, 0.1) is 17.8 Å². The molecule has 5 heteroatoms. The molecule has 0 unspecified atom stereocenters. The second-order valence-corrected chi connectivity index (χ2v) is 12.8. The van der Waals surface area contributed by atoms with Crippen molar-refractivity contribution in [3.63, 3.8) is 0 Å². The van der Waals surface area contributed by atoms with Crippen LogP contribution in [0.1, 0.15) is 76.0 Å². The highest BCUT2D eigenvalue weighted by molar-refractivity contribution is 6.06. The molecule has 0 atom stereocenters. The van der Waals surface area contributed by atoms with Gasteiger partial charge in [0.05, 0.1) is 7.11 Å². The fourth-order valence-corrected chi connectivity index (χ4v) is 6.33. The molecule has 2 aromatic rings. The van der Waals surface area contributed by atoms with Crippen LogP contribution in [0.15, 0.2) is 65.0 Å². The zero-order chi connectivity index (χ0) is 27.4. The lowest BCUT2D eigenvalue weighted by molar-refractivity contribution is -0.119. The molecule has 2 aliphatic carbocycles. The van der Waals surface area contributed by atoms with E-state index in [0.717, 1.165) is 46.5 Å². The average Bonchev–Trinajstić information content (AvgIpc) is 2.84. The summed E-state index contributed by atoms with van der Waals surface area (Å²) >= 11 is 0. The van der Waals surface area contributed by atoms with Crippen molar-refractivity contribution >= 4 is 11.6 Å². The number of ether oxygens (including phenoxy) is 2. The summed E-state index contributed by atoms with van der Waals surface area (Å²) in [5, 5.41) is 0. The first kappa shape index (κ1) is 26.3. The normalized spacial score (nSPS) is 20.9. The molecule has 38 heavy (non-hydrogen) atoms. The van der Waals surface area contributed by atoms with Crippen LogP contribution < -0.4 is 9.47 Å². The Morgan fingerprint density at radius 1 is 0.816 bits per heavy atom. The van der Waals surface area contributed by atoms with E-state index in [2.05, 4.69) is 63.8 Å². The Hall–Kier alpha value is -3.34. The minimum absolute atomic E-state index is 0.119. The second-order valence-electron chi connectivity index (χ2n) is 12.8. The minimum Gasteiger partial charge on any atom is -0.493 e. The second kappa shape index (κ2) is 9.44. The van der Waals surface area contributed by atoms with Gasteiger partial charge in [-0.3, -0.25) is 9.59 Å². The van der Waals surface area contributed by atoms with E-state index in [0.29, 0.717) is 30.9 Å². The zero-order valence-electron chi connectivity index (χ0n) is 23.7. The fourth-order valence-electron chi connectivity index (χ4n) is 6.33. The Morgan fingerprint density at radius 3 is 1.89 bits per heavy atom. The molecule has 0 radical (unpaired) electrons. The van der Waals surface area contributed by atoms with Crippen LogP contribution in [0.4, 0.5) is 0 Å². The number of rotatable bonds is 5. The number of methoxy groups -OCH3 is 1. The van der Waals surface area contributed by atoms with E-state index in [1.165, 1.54) is 5.56 Å². The van der Waals surface area contributed by atoms with Gasteiger partial charge in [-0.25, -0.2) is 0 Å². The third kappa shape index (κ3) is 4.79. The van der Waals surface area contributed by atoms with Crippen LogP contribution in [0.2, 0.25) is 0 Å².